The number of nitrogens with zero attached hydrogens (tertiary/aromatic N) is 5. The second kappa shape index (κ2) is 11.2. The molecule has 5 heterocycles. The summed E-state index contributed by atoms with van der Waals surface area (Å²) in [5.41, 5.74) is 15.1. The molecule has 1 fully saturated rings. The Kier molecular flexibility index (Phi) is 8.07. The monoisotopic (exact) mass is 505 g/mol. The van der Waals surface area contributed by atoms with E-state index in [4.69, 9.17) is 27.0 Å². The Morgan fingerprint density at radius 2 is 1.50 bits per heavy atom. The van der Waals surface area contributed by atoms with Crippen LogP contribution in [0.2, 0.25) is 0 Å². The number of rotatable bonds is 2. The molecule has 18 heteroatoms. The average Bonchev–Trinajstić information content (AvgIpc) is 3.35. The van der Waals surface area contributed by atoms with Crippen molar-refractivity contribution < 1.29 is 20.1 Å². The van der Waals surface area contributed by atoms with E-state index in [0.29, 0.717) is 0 Å². The average molecular weight is 505 g/mol. The molecule has 0 spiro atoms. The number of hydrogen-bond donors (Lipinski definition) is 9. The van der Waals surface area contributed by atoms with Gasteiger partial charge in [0.15, 0.2) is 23.8 Å². The topological polar surface area (TPSA) is 303 Å². The fourth-order valence-corrected chi connectivity index (χ4v) is 3.02. The Morgan fingerprint density at radius 1 is 0.917 bits per heavy atom. The molecule has 5 rings (SSSR count). The summed E-state index contributed by atoms with van der Waals surface area (Å²) in [5, 5.41) is 28.7. The molecule has 1 aliphatic heterocycles. The number of imidazole rings is 1. The summed E-state index contributed by atoms with van der Waals surface area (Å²) in [5.74, 6) is 0.348. The zero-order valence-electron chi connectivity index (χ0n) is 18.3. The molecular weight excluding hydrogens is 482 g/mol. The van der Waals surface area contributed by atoms with Crippen LogP contribution in [-0.2, 0) is 4.74 Å². The molecule has 4 aromatic rings. The molecule has 1 saturated heterocycles. The summed E-state index contributed by atoms with van der Waals surface area (Å²) < 4.78 is 6.64. The molecule has 4 atom stereocenters. The number of aliphatic hydroxyl groups excluding tert-OH is 3. The van der Waals surface area contributed by atoms with Crippen molar-refractivity contribution in [3.05, 3.63) is 62.0 Å². The van der Waals surface area contributed by atoms with Crippen LogP contribution < -0.4 is 34.0 Å². The molecule has 18 nitrogen and oxygen atoms in total. The fourth-order valence-electron chi connectivity index (χ4n) is 3.02. The number of aliphatic hydroxyl groups is 3. The van der Waals surface area contributed by atoms with Crippen LogP contribution in [0.3, 0.4) is 0 Å². The lowest BCUT2D eigenvalue weighted by Crippen LogP contribution is -2.33. The molecule has 0 saturated carbocycles. The zero-order chi connectivity index (χ0) is 26.4. The largest absolute Gasteiger partial charge is 0.394 e. The predicted molar refractivity (Wildman–Crippen MR) is 124 cm³/mol. The second-order valence-electron chi connectivity index (χ2n) is 7.15. The van der Waals surface area contributed by atoms with Crippen molar-refractivity contribution in [3.63, 3.8) is 0 Å². The lowest BCUT2D eigenvalue weighted by atomic mass is 10.1. The number of hydrogen-bond acceptors (Lipinski definition) is 14. The van der Waals surface area contributed by atoms with Crippen molar-refractivity contribution in [2.45, 2.75) is 24.5 Å². The van der Waals surface area contributed by atoms with Gasteiger partial charge in [0.2, 0.25) is 0 Å². The molecule has 36 heavy (non-hydrogen) atoms. The van der Waals surface area contributed by atoms with Gasteiger partial charge in [0.05, 0.1) is 12.9 Å². The van der Waals surface area contributed by atoms with E-state index in [1.54, 1.807) is 0 Å². The molecule has 192 valence electrons. The van der Waals surface area contributed by atoms with Gasteiger partial charge in [0, 0.05) is 24.5 Å². The highest BCUT2D eigenvalue weighted by Gasteiger charge is 2.44. The quantitative estimate of drug-likeness (QED) is 0.125. The van der Waals surface area contributed by atoms with E-state index < -0.39 is 36.8 Å². The standard InChI is InChI=1S/C10H13N5O5.2C4H5N3O/c11-7-4-8(14-10(19)13-7)15(2-12-4)9-6(18)5(17)3(1-16)20-9;2*5-4-6-2-1-3(8)7-4/h2-3,5-6,9,16-18H,1H2,(H3,11,13,14,19);2*1-2H,(H3,5,6,7,8)/t3-,5-,6-,9-;;/m1../s1. The SMILES string of the molecule is Nc1[nH]c(=O)nc2c1ncn2[C@@H]1O[C@H](CO)[C@@H](O)[C@H]1O.Nc1nccc(=O)[nH]1.Nc1nccc(=O)[nH]1. The van der Waals surface area contributed by atoms with E-state index in [9.17, 15) is 24.6 Å². The van der Waals surface area contributed by atoms with E-state index >= 15 is 0 Å². The van der Waals surface area contributed by atoms with Gasteiger partial charge in [-0.1, -0.05) is 0 Å². The van der Waals surface area contributed by atoms with E-state index in [1.165, 1.54) is 35.4 Å². The number of ether oxygens (including phenoxy) is 1. The first-order valence-electron chi connectivity index (χ1n) is 10.1. The molecule has 0 bridgehead atoms. The highest BCUT2D eigenvalue weighted by molar-refractivity contribution is 5.81. The van der Waals surface area contributed by atoms with Crippen molar-refractivity contribution in [2.75, 3.05) is 23.8 Å². The van der Waals surface area contributed by atoms with Crippen LogP contribution in [0.25, 0.3) is 11.2 Å². The van der Waals surface area contributed by atoms with Gasteiger partial charge in [-0.2, -0.15) is 4.98 Å². The normalized spacial score (nSPS) is 20.8. The first-order chi connectivity index (χ1) is 17.1. The van der Waals surface area contributed by atoms with E-state index in [2.05, 4.69) is 34.9 Å². The maximum atomic E-state index is 11.4. The predicted octanol–water partition coefficient (Wildman–Crippen LogP) is -3.98. The number of nitrogens with one attached hydrogen (secondary N) is 3. The summed E-state index contributed by atoms with van der Waals surface area (Å²) in [4.78, 5) is 53.7. The van der Waals surface area contributed by atoms with Gasteiger partial charge in [-0.05, 0) is 0 Å². The first kappa shape index (κ1) is 26.0. The summed E-state index contributed by atoms with van der Waals surface area (Å²) >= 11 is 0. The minimum atomic E-state index is -1.29. The number of nitrogens with two attached hydrogens (primary N) is 3. The van der Waals surface area contributed by atoms with Gasteiger partial charge < -0.3 is 37.3 Å². The van der Waals surface area contributed by atoms with Crippen molar-refractivity contribution in [1.29, 1.82) is 0 Å². The van der Waals surface area contributed by atoms with E-state index in [1.807, 2.05) is 0 Å². The van der Waals surface area contributed by atoms with E-state index in [0.717, 1.165) is 0 Å². The summed E-state index contributed by atoms with van der Waals surface area (Å²) in [6, 6.07) is 2.60. The molecule has 4 aromatic heterocycles. The number of aromatic amines is 3. The van der Waals surface area contributed by atoms with Crippen LogP contribution in [0.4, 0.5) is 17.7 Å². The Labute approximate surface area is 199 Å². The minimum Gasteiger partial charge on any atom is -0.394 e. The zero-order valence-corrected chi connectivity index (χ0v) is 18.3. The van der Waals surface area contributed by atoms with Crippen LogP contribution in [0.1, 0.15) is 6.23 Å². The first-order valence-corrected chi connectivity index (χ1v) is 10.1. The number of H-pyrrole nitrogens is 3. The van der Waals surface area contributed by atoms with Crippen LogP contribution in [0.5, 0.6) is 0 Å². The lowest BCUT2D eigenvalue weighted by molar-refractivity contribution is -0.0511. The third-order valence-corrected chi connectivity index (χ3v) is 4.64. The number of anilines is 3. The Hall–Kier alpha value is -4.65. The van der Waals surface area contributed by atoms with Gasteiger partial charge in [0.25, 0.3) is 11.1 Å². The van der Waals surface area contributed by atoms with Crippen LogP contribution >= 0.6 is 0 Å². The molecule has 0 aliphatic carbocycles. The van der Waals surface area contributed by atoms with Crippen molar-refractivity contribution in [2.24, 2.45) is 0 Å². The minimum absolute atomic E-state index is 0.0468. The van der Waals surface area contributed by atoms with E-state index in [-0.39, 0.29) is 40.0 Å². The molecular formula is C18H23N11O7. The highest BCUT2D eigenvalue weighted by atomic mass is 16.6. The summed E-state index contributed by atoms with van der Waals surface area (Å²) in [7, 11) is 0. The van der Waals surface area contributed by atoms with Gasteiger partial charge >= 0.3 is 5.69 Å². The maximum Gasteiger partial charge on any atom is 0.348 e. The smallest absolute Gasteiger partial charge is 0.348 e. The molecule has 0 amide bonds. The summed E-state index contributed by atoms with van der Waals surface area (Å²) in [6.07, 6.45) is -0.467. The Balaban J connectivity index is 0.000000185. The third-order valence-electron chi connectivity index (χ3n) is 4.64. The van der Waals surface area contributed by atoms with Crippen LogP contribution in [0, 0.1) is 0 Å². The Bertz CT molecular complexity index is 1430. The van der Waals surface area contributed by atoms with Crippen LogP contribution in [0.15, 0.2) is 45.2 Å². The lowest BCUT2D eigenvalue weighted by Gasteiger charge is -2.16. The highest BCUT2D eigenvalue weighted by Crippen LogP contribution is 2.31. The van der Waals surface area contributed by atoms with Gasteiger partial charge in [0.1, 0.15) is 29.6 Å². The molecule has 0 unspecified atom stereocenters. The van der Waals surface area contributed by atoms with Crippen LogP contribution in [-0.4, -0.2) is 79.7 Å². The van der Waals surface area contributed by atoms with Crippen molar-refractivity contribution >= 4 is 28.9 Å². The van der Waals surface area contributed by atoms with Gasteiger partial charge in [-0.3, -0.25) is 29.1 Å². The Morgan fingerprint density at radius 3 is 1.94 bits per heavy atom. The summed E-state index contributed by atoms with van der Waals surface area (Å²) in [6.45, 7) is -0.447. The molecule has 1 aliphatic rings. The second-order valence-corrected chi connectivity index (χ2v) is 7.15. The number of aromatic nitrogens is 8. The number of nitrogen functional groups attached to an aromatic ring is 3. The van der Waals surface area contributed by atoms with Crippen molar-refractivity contribution in [3.8, 4) is 0 Å². The molecule has 0 radical (unpaired) electrons. The van der Waals surface area contributed by atoms with Crippen molar-refractivity contribution in [1.82, 2.24) is 39.5 Å². The fraction of sp³-hybridized carbons (Fsp3) is 0.278. The maximum absolute atomic E-state index is 11.4. The van der Waals surface area contributed by atoms with Gasteiger partial charge in [-0.15, -0.1) is 0 Å². The molecule has 12 N–H and O–H groups in total. The molecule has 0 aromatic carbocycles. The van der Waals surface area contributed by atoms with Gasteiger partial charge in [-0.25, -0.2) is 19.7 Å². The number of fused-ring (bicyclic) bond motifs is 1. The third kappa shape index (κ3) is 6.07.